The fraction of sp³-hybridized carbons (Fsp3) is 0. The zero-order chi connectivity index (χ0) is 54.9. The molecule has 0 unspecified atom stereocenters. The van der Waals surface area contributed by atoms with Crippen LogP contribution in [0.15, 0.2) is 332 Å². The van der Waals surface area contributed by atoms with Crippen LogP contribution in [0, 0.1) is 0 Å². The van der Waals surface area contributed by atoms with Crippen LogP contribution in [0.4, 0.5) is 0 Å². The molecule has 16 aromatic rings. The summed E-state index contributed by atoms with van der Waals surface area (Å²) in [4.78, 5) is 0. The Morgan fingerprint density at radius 2 is 0.663 bits per heavy atom. The van der Waals surface area contributed by atoms with Gasteiger partial charge in [0.25, 0.3) is 0 Å². The highest BCUT2D eigenvalue weighted by molar-refractivity contribution is 7.21. The van der Waals surface area contributed by atoms with Crippen molar-refractivity contribution in [2.45, 2.75) is 0 Å². The smallest absolute Gasteiger partial charge is 0.180 e. The Kier molecular flexibility index (Phi) is 11.6. The molecule has 0 fully saturated rings. The molecule has 390 valence electrons. The molecular weight excluding hydrogens is 1040 g/mol. The number of hydrogen-bond acceptors (Lipinski definition) is 1. The quantitative estimate of drug-likeness (QED) is 0.0935. The van der Waals surface area contributed by atoms with E-state index < -0.39 is 16.1 Å². The Morgan fingerprint density at radius 1 is 0.229 bits per heavy atom. The van der Waals surface area contributed by atoms with Crippen molar-refractivity contribution in [3.05, 3.63) is 328 Å². The third-order valence-corrected chi connectivity index (χ3v) is 27.2. The van der Waals surface area contributed by atoms with E-state index in [1.54, 1.807) is 0 Å². The van der Waals surface area contributed by atoms with Crippen LogP contribution in [-0.2, 0) is 0 Å². The van der Waals surface area contributed by atoms with Crippen LogP contribution in [0.3, 0.4) is 0 Å². The molecule has 16 rings (SSSR count). The number of rotatable bonds is 11. The first-order chi connectivity index (χ1) is 41.2. The second-order valence-corrected chi connectivity index (χ2v) is 29.5. The lowest BCUT2D eigenvalue weighted by Gasteiger charge is -2.35. The van der Waals surface area contributed by atoms with E-state index in [9.17, 15) is 0 Å². The van der Waals surface area contributed by atoms with Crippen molar-refractivity contribution in [1.82, 2.24) is 9.13 Å². The molecule has 3 heterocycles. The van der Waals surface area contributed by atoms with Gasteiger partial charge in [-0.3, -0.25) is 0 Å². The number of para-hydroxylation sites is 3. The molecular formula is C78H54N2OSi2. The fourth-order valence-electron chi connectivity index (χ4n) is 14.1. The summed E-state index contributed by atoms with van der Waals surface area (Å²) in [6.45, 7) is 0. The predicted molar refractivity (Wildman–Crippen MR) is 355 cm³/mol. The Labute approximate surface area is 483 Å². The number of fused-ring (bicyclic) bond motifs is 9. The van der Waals surface area contributed by atoms with E-state index in [0.717, 1.165) is 38.8 Å². The molecule has 0 spiro atoms. The molecule has 0 saturated heterocycles. The molecule has 83 heavy (non-hydrogen) atoms. The predicted octanol–water partition coefficient (Wildman–Crippen LogP) is 14.2. The van der Waals surface area contributed by atoms with Crippen molar-refractivity contribution in [1.29, 1.82) is 0 Å². The third kappa shape index (κ3) is 7.55. The first kappa shape index (κ1) is 48.6. The molecule has 13 aromatic carbocycles. The van der Waals surface area contributed by atoms with Gasteiger partial charge >= 0.3 is 0 Å². The van der Waals surface area contributed by atoms with Gasteiger partial charge in [0.05, 0.1) is 22.1 Å². The summed E-state index contributed by atoms with van der Waals surface area (Å²) < 4.78 is 11.5. The summed E-state index contributed by atoms with van der Waals surface area (Å²) in [6, 6.07) is 122. The summed E-state index contributed by atoms with van der Waals surface area (Å²) in [5, 5.41) is 17.9. The van der Waals surface area contributed by atoms with Gasteiger partial charge in [0.15, 0.2) is 16.1 Å². The molecule has 0 amide bonds. The third-order valence-electron chi connectivity index (χ3n) is 17.6. The molecule has 3 aromatic heterocycles. The maximum atomic E-state index is 6.49. The van der Waals surface area contributed by atoms with Gasteiger partial charge in [-0.15, -0.1) is 0 Å². The second kappa shape index (κ2) is 19.7. The maximum absolute atomic E-state index is 6.49. The van der Waals surface area contributed by atoms with Gasteiger partial charge in [0.2, 0.25) is 0 Å². The molecule has 0 atom stereocenters. The first-order valence-corrected chi connectivity index (χ1v) is 32.6. The van der Waals surface area contributed by atoms with Crippen LogP contribution in [0.1, 0.15) is 0 Å². The topological polar surface area (TPSA) is 23.0 Å². The Morgan fingerprint density at radius 3 is 1.33 bits per heavy atom. The van der Waals surface area contributed by atoms with Gasteiger partial charge in [-0.1, -0.05) is 267 Å². The van der Waals surface area contributed by atoms with Gasteiger partial charge in [-0.05, 0) is 113 Å². The largest absolute Gasteiger partial charge is 0.456 e. The number of nitrogens with zero attached hydrogens (tertiary/aromatic N) is 2. The van der Waals surface area contributed by atoms with E-state index in [4.69, 9.17) is 4.42 Å². The SMILES string of the molecule is c1ccc(-c2cccc([Si](c3ccccc3)(c3ccccc3)c3ccc(-n4c5ccccc5c5cc(-n6c7ccccc7c7c([Si](c8ccccc8)(c8ccccc8)c8ccc9oc%10ccccc%10c9c8)cccc76)ccc54)cc3)c2)cc1. The van der Waals surface area contributed by atoms with E-state index in [0.29, 0.717) is 0 Å². The Balaban J connectivity index is 0.889. The lowest BCUT2D eigenvalue weighted by atomic mass is 10.1. The van der Waals surface area contributed by atoms with E-state index in [2.05, 4.69) is 337 Å². The molecule has 0 saturated carbocycles. The number of benzene rings is 13. The normalized spacial score (nSPS) is 12.1. The fourth-order valence-corrected chi connectivity index (χ4v) is 23.9. The average molecular weight is 1090 g/mol. The van der Waals surface area contributed by atoms with Crippen LogP contribution in [-0.4, -0.2) is 25.3 Å². The van der Waals surface area contributed by atoms with Gasteiger partial charge in [-0.25, -0.2) is 0 Å². The van der Waals surface area contributed by atoms with Crippen LogP contribution in [0.5, 0.6) is 0 Å². The minimum Gasteiger partial charge on any atom is -0.456 e. The van der Waals surface area contributed by atoms with Crippen molar-refractivity contribution in [3.8, 4) is 22.5 Å². The highest BCUT2D eigenvalue weighted by Crippen LogP contribution is 2.38. The van der Waals surface area contributed by atoms with Gasteiger partial charge < -0.3 is 13.6 Å². The molecule has 5 heteroatoms. The van der Waals surface area contributed by atoms with E-state index in [1.807, 2.05) is 0 Å². The van der Waals surface area contributed by atoms with Gasteiger partial charge in [-0.2, -0.15) is 0 Å². The summed E-state index contributed by atoms with van der Waals surface area (Å²) in [6.07, 6.45) is 0. The van der Waals surface area contributed by atoms with Gasteiger partial charge in [0, 0.05) is 43.7 Å². The first-order valence-electron chi connectivity index (χ1n) is 28.6. The highest BCUT2D eigenvalue weighted by atomic mass is 28.3. The zero-order valence-electron chi connectivity index (χ0n) is 45.5. The van der Waals surface area contributed by atoms with Crippen molar-refractivity contribution in [3.63, 3.8) is 0 Å². The zero-order valence-corrected chi connectivity index (χ0v) is 47.5. The minimum absolute atomic E-state index is 0.901. The van der Waals surface area contributed by atoms with E-state index in [1.165, 1.54) is 90.7 Å². The molecule has 0 aliphatic carbocycles. The maximum Gasteiger partial charge on any atom is 0.180 e. The monoisotopic (exact) mass is 1090 g/mol. The molecule has 0 aliphatic rings. The summed E-state index contributed by atoms with van der Waals surface area (Å²) in [7, 11) is -5.98. The molecule has 0 aliphatic heterocycles. The van der Waals surface area contributed by atoms with Crippen LogP contribution in [0.2, 0.25) is 0 Å². The summed E-state index contributed by atoms with van der Waals surface area (Å²) in [5.41, 5.74) is 11.2. The number of aromatic nitrogens is 2. The van der Waals surface area contributed by atoms with Gasteiger partial charge in [0.1, 0.15) is 11.2 Å². The summed E-state index contributed by atoms with van der Waals surface area (Å²) >= 11 is 0. The average Bonchev–Trinajstić information content (AvgIpc) is 2.38. The van der Waals surface area contributed by atoms with Crippen molar-refractivity contribution in [2.24, 2.45) is 0 Å². The molecule has 0 N–H and O–H groups in total. The molecule has 0 radical (unpaired) electrons. The molecule has 0 bridgehead atoms. The Bertz CT molecular complexity index is 4990. The number of hydrogen-bond donors (Lipinski definition) is 0. The van der Waals surface area contributed by atoms with Crippen molar-refractivity contribution >= 4 is 123 Å². The lowest BCUT2D eigenvalue weighted by molar-refractivity contribution is 0.669. The molecule has 3 nitrogen and oxygen atoms in total. The van der Waals surface area contributed by atoms with E-state index in [-0.39, 0.29) is 0 Å². The minimum atomic E-state index is -3.11. The van der Waals surface area contributed by atoms with Crippen LogP contribution >= 0.6 is 0 Å². The lowest BCUT2D eigenvalue weighted by Crippen LogP contribution is -2.74. The standard InChI is InChI=1S/C78H54N2OSi2/c1-6-24-55(25-7-1)56-26-22-35-64(52-56)82(59-27-8-2-9-28-59,60-29-10-3-11-30-60)63-47-44-57(45-48-63)79-71-39-19-16-36-66(71)69-53-58(46-50-73(69)79)80-72-40-20-17-38-68(72)78-74(80)41-23-43-77(78)83(61-31-12-4-13-32-61,62-33-14-5-15-34-62)65-49-51-76-70(54-65)67-37-18-21-42-75(67)81-76/h1-54H. The van der Waals surface area contributed by atoms with Crippen LogP contribution < -0.4 is 41.5 Å². The number of furan rings is 1. The van der Waals surface area contributed by atoms with Crippen molar-refractivity contribution < 1.29 is 4.42 Å². The Hall–Kier alpha value is -10.3. The summed E-state index contributed by atoms with van der Waals surface area (Å²) in [5.74, 6) is 0. The van der Waals surface area contributed by atoms with Crippen molar-refractivity contribution in [2.75, 3.05) is 0 Å². The highest BCUT2D eigenvalue weighted by Gasteiger charge is 2.44. The van der Waals surface area contributed by atoms with E-state index >= 15 is 0 Å². The second-order valence-electron chi connectivity index (χ2n) is 21.9. The van der Waals surface area contributed by atoms with Crippen LogP contribution in [0.25, 0.3) is 88.1 Å².